The van der Waals surface area contributed by atoms with Crippen LogP contribution in [0, 0.1) is 10.7 Å². The monoisotopic (exact) mass is 358 g/mol. The molecule has 5 nitrogen and oxygen atoms in total. The Morgan fingerprint density at radius 2 is 2.04 bits per heavy atom. The average molecular weight is 359 g/mol. The maximum atomic E-state index is 5.70. The molecule has 1 saturated heterocycles. The van der Waals surface area contributed by atoms with Gasteiger partial charge in [-0.1, -0.05) is 25.1 Å². The molecule has 0 spiro atoms. The Kier molecular flexibility index (Phi) is 5.71. The van der Waals surface area contributed by atoms with Gasteiger partial charge in [-0.25, -0.2) is 4.68 Å². The first-order chi connectivity index (χ1) is 12.1. The van der Waals surface area contributed by atoms with Gasteiger partial charge >= 0.3 is 0 Å². The van der Waals surface area contributed by atoms with Gasteiger partial charge in [-0.15, -0.1) is 6.58 Å². The second kappa shape index (κ2) is 7.97. The van der Waals surface area contributed by atoms with E-state index in [-0.39, 0.29) is 0 Å². The van der Waals surface area contributed by atoms with E-state index in [4.69, 9.17) is 22.1 Å². The van der Waals surface area contributed by atoms with Crippen LogP contribution in [0.25, 0.3) is 11.4 Å². The lowest BCUT2D eigenvalue weighted by Gasteiger charge is -2.29. The zero-order valence-electron chi connectivity index (χ0n) is 15.0. The van der Waals surface area contributed by atoms with Crippen molar-refractivity contribution in [3.8, 4) is 17.1 Å². The summed E-state index contributed by atoms with van der Waals surface area (Å²) < 4.78 is 10.2. The van der Waals surface area contributed by atoms with E-state index in [9.17, 15) is 0 Å². The van der Waals surface area contributed by atoms with Crippen LogP contribution in [0.1, 0.15) is 19.8 Å². The van der Waals surface area contributed by atoms with E-state index < -0.39 is 0 Å². The van der Waals surface area contributed by atoms with Crippen molar-refractivity contribution in [2.45, 2.75) is 33.0 Å². The molecule has 0 atom stereocenters. The first kappa shape index (κ1) is 17.9. The van der Waals surface area contributed by atoms with Gasteiger partial charge in [0.05, 0.1) is 19.3 Å². The minimum Gasteiger partial charge on any atom is -0.496 e. The van der Waals surface area contributed by atoms with Gasteiger partial charge in [0.1, 0.15) is 5.75 Å². The molecule has 0 radical (unpaired) electrons. The van der Waals surface area contributed by atoms with Gasteiger partial charge < -0.3 is 4.74 Å². The van der Waals surface area contributed by atoms with Crippen LogP contribution in [-0.2, 0) is 13.2 Å². The lowest BCUT2D eigenvalue weighted by molar-refractivity contribution is 0.146. The predicted molar refractivity (Wildman–Crippen MR) is 103 cm³/mol. The van der Waals surface area contributed by atoms with Crippen molar-refractivity contribution in [1.82, 2.24) is 19.2 Å². The Bertz CT molecular complexity index is 787. The molecule has 134 valence electrons. The molecule has 1 aromatic heterocycles. The van der Waals surface area contributed by atoms with Gasteiger partial charge in [0.15, 0.2) is 10.6 Å². The molecular weight excluding hydrogens is 332 g/mol. The van der Waals surface area contributed by atoms with E-state index in [1.807, 2.05) is 39.6 Å². The molecule has 0 unspecified atom stereocenters. The van der Waals surface area contributed by atoms with Crippen LogP contribution in [0.2, 0.25) is 0 Å². The fourth-order valence-electron chi connectivity index (χ4n) is 3.25. The summed E-state index contributed by atoms with van der Waals surface area (Å²) in [4.78, 5) is 2.42. The largest absolute Gasteiger partial charge is 0.496 e. The molecule has 3 rings (SSSR count). The van der Waals surface area contributed by atoms with Crippen molar-refractivity contribution < 1.29 is 4.74 Å². The molecule has 6 heteroatoms. The summed E-state index contributed by atoms with van der Waals surface area (Å²) in [6, 6.07) is 7.91. The number of piperidine rings is 1. The van der Waals surface area contributed by atoms with Crippen LogP contribution in [0.5, 0.6) is 5.75 Å². The summed E-state index contributed by atoms with van der Waals surface area (Å²) in [7, 11) is 1.68. The summed E-state index contributed by atoms with van der Waals surface area (Å²) in [5.41, 5.74) is 0.948. The van der Waals surface area contributed by atoms with Crippen molar-refractivity contribution in [3.63, 3.8) is 0 Å². The number of methoxy groups -OCH3 is 1. The Hall–Kier alpha value is -1.92. The molecular formula is C19H26N4OS. The van der Waals surface area contributed by atoms with Crippen LogP contribution in [0.4, 0.5) is 0 Å². The zero-order chi connectivity index (χ0) is 17.8. The van der Waals surface area contributed by atoms with Gasteiger partial charge in [0.25, 0.3) is 0 Å². The summed E-state index contributed by atoms with van der Waals surface area (Å²) in [6.45, 7) is 9.74. The zero-order valence-corrected chi connectivity index (χ0v) is 15.8. The second-order valence-corrected chi connectivity index (χ2v) is 7.01. The van der Waals surface area contributed by atoms with Crippen molar-refractivity contribution >= 4 is 12.2 Å². The number of benzene rings is 1. The third-order valence-electron chi connectivity index (χ3n) is 4.79. The van der Waals surface area contributed by atoms with E-state index in [0.717, 1.165) is 47.6 Å². The van der Waals surface area contributed by atoms with E-state index in [0.29, 0.717) is 6.54 Å². The van der Waals surface area contributed by atoms with E-state index >= 15 is 0 Å². The fraction of sp³-hybridized carbons (Fsp3) is 0.474. The lowest BCUT2D eigenvalue weighted by atomic mass is 10.00. The normalized spacial score (nSPS) is 16.1. The standard InChI is InChI=1S/C19H26N4OS/c1-4-11-22-18(16-7-5-6-8-17(16)24-3)20-23(19(22)25)14-21-12-9-15(2)10-13-21/h4-8,15H,1,9-14H2,2-3H3. The quantitative estimate of drug-likeness (QED) is 0.578. The van der Waals surface area contributed by atoms with Crippen LogP contribution in [-0.4, -0.2) is 39.4 Å². The van der Waals surface area contributed by atoms with Crippen molar-refractivity contribution in [3.05, 3.63) is 41.7 Å². The Morgan fingerprint density at radius 3 is 2.72 bits per heavy atom. The van der Waals surface area contributed by atoms with Gasteiger partial charge in [-0.2, -0.15) is 5.10 Å². The molecule has 0 aliphatic carbocycles. The smallest absolute Gasteiger partial charge is 0.199 e. The van der Waals surface area contributed by atoms with Crippen molar-refractivity contribution in [1.29, 1.82) is 0 Å². The molecule has 2 aromatic rings. The molecule has 0 amide bonds. The van der Waals surface area contributed by atoms with Gasteiger partial charge in [0.2, 0.25) is 0 Å². The minimum absolute atomic E-state index is 0.628. The summed E-state index contributed by atoms with van der Waals surface area (Å²) >= 11 is 5.70. The van der Waals surface area contributed by atoms with Crippen LogP contribution in [0.15, 0.2) is 36.9 Å². The number of nitrogens with zero attached hydrogens (tertiary/aromatic N) is 4. The third kappa shape index (κ3) is 3.85. The molecule has 2 heterocycles. The third-order valence-corrected chi connectivity index (χ3v) is 5.22. The van der Waals surface area contributed by atoms with Gasteiger partial charge in [0, 0.05) is 19.6 Å². The summed E-state index contributed by atoms with van der Waals surface area (Å²) in [6.07, 6.45) is 4.32. The summed E-state index contributed by atoms with van der Waals surface area (Å²) in [5.74, 6) is 2.44. The molecule has 0 bridgehead atoms. The van der Waals surface area contributed by atoms with Gasteiger partial charge in [-0.05, 0) is 43.1 Å². The van der Waals surface area contributed by atoms with Crippen LogP contribution >= 0.6 is 12.2 Å². The number of para-hydroxylation sites is 1. The molecule has 25 heavy (non-hydrogen) atoms. The predicted octanol–water partition coefficient (Wildman–Crippen LogP) is 3.97. The number of hydrogen-bond acceptors (Lipinski definition) is 4. The van der Waals surface area contributed by atoms with Crippen LogP contribution in [0.3, 0.4) is 0 Å². The summed E-state index contributed by atoms with van der Waals surface area (Å²) in [5, 5.41) is 4.83. The average Bonchev–Trinajstić information content (AvgIpc) is 2.93. The highest BCUT2D eigenvalue weighted by molar-refractivity contribution is 7.71. The Morgan fingerprint density at radius 1 is 1.32 bits per heavy atom. The van der Waals surface area contributed by atoms with Crippen molar-refractivity contribution in [2.24, 2.45) is 5.92 Å². The molecule has 1 aromatic carbocycles. The SMILES string of the molecule is C=CCn1c(-c2ccccc2OC)nn(CN2CCC(C)CC2)c1=S. The van der Waals surface area contributed by atoms with E-state index in [1.165, 1.54) is 12.8 Å². The van der Waals surface area contributed by atoms with Crippen molar-refractivity contribution in [2.75, 3.05) is 20.2 Å². The topological polar surface area (TPSA) is 35.2 Å². The molecule has 0 N–H and O–H groups in total. The maximum Gasteiger partial charge on any atom is 0.199 e. The highest BCUT2D eigenvalue weighted by atomic mass is 32.1. The maximum absolute atomic E-state index is 5.70. The van der Waals surface area contributed by atoms with Gasteiger partial charge in [-0.3, -0.25) is 9.47 Å². The number of hydrogen-bond donors (Lipinski definition) is 0. The molecule has 0 saturated carbocycles. The highest BCUT2D eigenvalue weighted by Gasteiger charge is 2.19. The fourth-order valence-corrected chi connectivity index (χ4v) is 3.51. The Labute approximate surface area is 154 Å². The molecule has 1 aliphatic rings. The first-order valence-electron chi connectivity index (χ1n) is 8.78. The number of aromatic nitrogens is 3. The number of ether oxygens (including phenoxy) is 1. The molecule has 1 fully saturated rings. The lowest BCUT2D eigenvalue weighted by Crippen LogP contribution is -2.34. The second-order valence-electron chi connectivity index (χ2n) is 6.65. The van der Waals surface area contributed by atoms with E-state index in [2.05, 4.69) is 18.4 Å². The Balaban J connectivity index is 1.96. The minimum atomic E-state index is 0.628. The number of likely N-dealkylation sites (tertiary alicyclic amines) is 1. The van der Waals surface area contributed by atoms with Crippen LogP contribution < -0.4 is 4.74 Å². The first-order valence-corrected chi connectivity index (χ1v) is 9.19. The highest BCUT2D eigenvalue weighted by Crippen LogP contribution is 2.29. The number of rotatable bonds is 6. The molecule has 1 aliphatic heterocycles. The number of allylic oxidation sites excluding steroid dienone is 1. The van der Waals surface area contributed by atoms with E-state index in [1.54, 1.807) is 7.11 Å².